The van der Waals surface area contributed by atoms with Crippen LogP contribution in [0.4, 0.5) is 10.1 Å². The largest absolute Gasteiger partial charge is 0.304 e. The van der Waals surface area contributed by atoms with Crippen LogP contribution in [0.15, 0.2) is 268 Å². The maximum Gasteiger partial charge on any atom is 0.187 e. The van der Waals surface area contributed by atoms with Gasteiger partial charge in [-0.1, -0.05) is 158 Å². The van der Waals surface area contributed by atoms with Gasteiger partial charge >= 0.3 is 0 Å². The van der Waals surface area contributed by atoms with Gasteiger partial charge in [0, 0.05) is 137 Å². The van der Waals surface area contributed by atoms with Gasteiger partial charge in [-0.25, -0.2) is 4.85 Å². The molecule has 92 heavy (non-hydrogen) atoms. The van der Waals surface area contributed by atoms with E-state index < -0.39 is 0 Å². The maximum absolute atomic E-state index is 14.0. The molecule has 0 aliphatic heterocycles. The Bertz CT molecular complexity index is 4310. The van der Waals surface area contributed by atoms with Crippen molar-refractivity contribution in [2.75, 3.05) is 0 Å². The molecule has 13 aromatic rings. The van der Waals surface area contributed by atoms with Crippen molar-refractivity contribution in [1.29, 1.82) is 0 Å². The molecule has 5 radical (unpaired) electrons. The minimum Gasteiger partial charge on any atom is -0.304 e. The molecule has 0 amide bonds. The summed E-state index contributed by atoms with van der Waals surface area (Å²) in [6.45, 7) is 19.2. The molecule has 0 bridgehead atoms. The smallest absolute Gasteiger partial charge is 0.187 e. The van der Waals surface area contributed by atoms with E-state index in [2.05, 4.69) is 134 Å². The number of rotatable bonds is 8. The molecular weight excluding hydrogens is 2030 g/mol. The van der Waals surface area contributed by atoms with Crippen LogP contribution in [0, 0.1) is 84.3 Å². The van der Waals surface area contributed by atoms with E-state index in [0.29, 0.717) is 11.3 Å². The van der Waals surface area contributed by atoms with Crippen LogP contribution in [0.3, 0.4) is 0 Å². The number of halogens is 1. The quantitative estimate of drug-likeness (QED) is 0.142. The second kappa shape index (κ2) is 39.5. The molecule has 6 nitrogen and oxygen atoms in total. The Balaban J connectivity index is 0.000000244. The molecular formula is C80H62FIr5N6-5. The molecule has 0 fully saturated rings. The number of benzene rings is 8. The van der Waals surface area contributed by atoms with E-state index in [1.165, 1.54) is 39.4 Å². The number of nitrogens with zero attached hydrogens (tertiary/aromatic N) is 6. The van der Waals surface area contributed by atoms with Crippen molar-refractivity contribution < 1.29 is 105 Å². The Hall–Kier alpha value is -7.82. The number of hydrogen-bond donors (Lipinski definition) is 0. The van der Waals surface area contributed by atoms with Crippen molar-refractivity contribution >= 4 is 5.69 Å². The second-order valence-corrected chi connectivity index (χ2v) is 20.6. The van der Waals surface area contributed by atoms with Crippen molar-refractivity contribution in [1.82, 2.24) is 24.9 Å². The van der Waals surface area contributed by atoms with Gasteiger partial charge in [0.05, 0.1) is 6.57 Å². The first-order chi connectivity index (χ1) is 42.4. The molecule has 13 rings (SSSR count). The average Bonchev–Trinajstić information content (AvgIpc) is 1.10. The van der Waals surface area contributed by atoms with Crippen molar-refractivity contribution in [3.8, 4) is 89.7 Å². The molecule has 12 heteroatoms. The standard InChI is InChI=1S/C19H13N2.C18H13FN.C18H14N.C13H12N.C12H10N.5Ir/c1-14-6-11-19(21-13-14)17-5-3-4-16(12-17)15-7-9-18(20-2)10-8-15;1-13-7-10-18(20-12-13)15-8-9-17(19)16(11-15)14-5-3-2-4-6-14;1-14-10-11-18(19-13-14)17-9-5-8-16(12-17)15-6-3-2-4-7-15;1-10-4-3-5-12(8-10)13-7-6-11(2)9-14-13;1-10-7-8-12(13-9-10)11-5-3-2-4-6-11;;;;;/h3-4,6-13H,1H3;2-7,9-12H,1H3;2-8,10-13H,1H3;3-4,6-9H,1-2H3;2-5,7-9H,1H3;;;;;/q5*-1;;;;;. The summed E-state index contributed by atoms with van der Waals surface area (Å²) >= 11 is 0. The molecule has 0 spiro atoms. The first kappa shape index (κ1) is 76.6. The Labute approximate surface area is 609 Å². The van der Waals surface area contributed by atoms with Crippen LogP contribution in [0.25, 0.3) is 94.5 Å². The van der Waals surface area contributed by atoms with Crippen LogP contribution in [0.5, 0.6) is 0 Å². The molecule has 0 unspecified atom stereocenters. The third-order valence-corrected chi connectivity index (χ3v) is 13.6. The third-order valence-electron chi connectivity index (χ3n) is 13.6. The fourth-order valence-corrected chi connectivity index (χ4v) is 8.82. The van der Waals surface area contributed by atoms with E-state index in [-0.39, 0.29) is 106 Å². The molecule has 0 saturated heterocycles. The topological polar surface area (TPSA) is 68.8 Å². The van der Waals surface area contributed by atoms with Gasteiger partial charge in [0.2, 0.25) is 0 Å². The zero-order chi connectivity index (χ0) is 60.7. The summed E-state index contributed by atoms with van der Waals surface area (Å²) in [5.74, 6) is -0.271. The fourth-order valence-electron chi connectivity index (χ4n) is 8.82. The number of pyridine rings is 5. The van der Waals surface area contributed by atoms with Crippen molar-refractivity contribution in [3.63, 3.8) is 0 Å². The molecule has 8 aromatic carbocycles. The number of hydrogen-bond acceptors (Lipinski definition) is 5. The van der Waals surface area contributed by atoms with Crippen LogP contribution in [0.2, 0.25) is 0 Å². The Morgan fingerprint density at radius 1 is 0.304 bits per heavy atom. The molecule has 5 aromatic heterocycles. The predicted molar refractivity (Wildman–Crippen MR) is 353 cm³/mol. The summed E-state index contributed by atoms with van der Waals surface area (Å²) in [7, 11) is 0. The van der Waals surface area contributed by atoms with Crippen molar-refractivity contribution in [2.45, 2.75) is 41.5 Å². The van der Waals surface area contributed by atoms with Gasteiger partial charge in [-0.2, -0.15) is 0 Å². The first-order valence-corrected chi connectivity index (χ1v) is 28.4. The summed E-state index contributed by atoms with van der Waals surface area (Å²) in [4.78, 5) is 25.3. The molecule has 0 aliphatic rings. The molecule has 5 heterocycles. The van der Waals surface area contributed by atoms with E-state index in [4.69, 9.17) is 6.57 Å². The Morgan fingerprint density at radius 2 is 0.663 bits per heavy atom. The van der Waals surface area contributed by atoms with E-state index in [1.807, 2.05) is 217 Å². The van der Waals surface area contributed by atoms with E-state index >= 15 is 0 Å². The fraction of sp³-hybridized carbons (Fsp3) is 0.0750. The number of aromatic nitrogens is 5. The molecule has 0 aliphatic carbocycles. The van der Waals surface area contributed by atoms with Gasteiger partial charge in [0.25, 0.3) is 0 Å². The van der Waals surface area contributed by atoms with Gasteiger partial charge < -0.3 is 24.9 Å². The number of aryl methyl sites for hydroxylation is 6. The monoisotopic (exact) mass is 2090 g/mol. The predicted octanol–water partition coefficient (Wildman–Crippen LogP) is 20.3. The van der Waals surface area contributed by atoms with Crippen LogP contribution in [-0.4, -0.2) is 24.9 Å². The summed E-state index contributed by atoms with van der Waals surface area (Å²) in [6.07, 6.45) is 9.30. The first-order valence-electron chi connectivity index (χ1n) is 28.4. The summed E-state index contributed by atoms with van der Waals surface area (Å²) in [5.41, 5.74) is 23.2. The zero-order valence-corrected chi connectivity index (χ0v) is 63.1. The van der Waals surface area contributed by atoms with Crippen molar-refractivity contribution in [2.24, 2.45) is 0 Å². The SMILES string of the molecule is Cc1ccc(-c2[c-]cc(F)c(-c3ccccc3)c2)nc1.Cc1ccc(-c2[c-]ccc(-c3ccccc3)c2)nc1.Cc1ccc(-c2[c-]ccc(C)c2)nc1.Cc1ccc(-c2[c-]cccc2)nc1.[C-]#[N+]c1ccc(-c2cc[c-]c(-c3ccc(C)cn3)c2)cc1.[Ir].[Ir].[Ir].[Ir].[Ir]. The second-order valence-electron chi connectivity index (χ2n) is 20.6. The maximum atomic E-state index is 14.0. The minimum atomic E-state index is -0.271. The third kappa shape index (κ3) is 23.1. The zero-order valence-electron chi connectivity index (χ0n) is 51.1. The van der Waals surface area contributed by atoms with Gasteiger partial charge in [0.1, 0.15) is 0 Å². The van der Waals surface area contributed by atoms with E-state index in [0.717, 1.165) is 84.1 Å². The molecule has 469 valence electrons. The Kier molecular flexibility index (Phi) is 32.9. The molecule has 0 N–H and O–H groups in total. The summed E-state index contributed by atoms with van der Waals surface area (Å²) in [6, 6.07) is 92.7. The minimum absolute atomic E-state index is 0. The Morgan fingerprint density at radius 3 is 1.04 bits per heavy atom. The van der Waals surface area contributed by atoms with Crippen LogP contribution < -0.4 is 0 Å². The van der Waals surface area contributed by atoms with Gasteiger partial charge in [-0.15, -0.1) is 166 Å². The van der Waals surface area contributed by atoms with Gasteiger partial charge in [-0.3, -0.25) is 4.39 Å². The van der Waals surface area contributed by atoms with Gasteiger partial charge in [-0.05, 0) is 108 Å². The average molecular weight is 2090 g/mol. The van der Waals surface area contributed by atoms with Crippen molar-refractivity contribution in [3.05, 3.63) is 349 Å². The van der Waals surface area contributed by atoms with E-state index in [1.54, 1.807) is 12.3 Å². The van der Waals surface area contributed by atoms with Crippen LogP contribution in [0.1, 0.15) is 33.4 Å². The summed E-state index contributed by atoms with van der Waals surface area (Å²) < 4.78 is 14.0. The van der Waals surface area contributed by atoms with E-state index in [9.17, 15) is 4.39 Å². The molecule has 0 atom stereocenters. The summed E-state index contributed by atoms with van der Waals surface area (Å²) in [5, 5.41) is 0. The normalized spacial score (nSPS) is 9.67. The van der Waals surface area contributed by atoms with Crippen LogP contribution in [-0.2, 0) is 101 Å². The molecule has 0 saturated carbocycles. The van der Waals surface area contributed by atoms with Gasteiger partial charge in [0.15, 0.2) is 5.69 Å². The van der Waals surface area contributed by atoms with Crippen LogP contribution >= 0.6 is 0 Å².